The molecule has 2 unspecified atom stereocenters. The molecule has 1 rings (SSSR count). The molecule has 0 radical (unpaired) electrons. The number of ketones is 1. The third-order valence-corrected chi connectivity index (χ3v) is 2.08. The van der Waals surface area contributed by atoms with Crippen LogP contribution in [0.15, 0.2) is 11.8 Å². The second-order valence-corrected chi connectivity index (χ2v) is 3.29. The normalized spacial score (nSPS) is 29.2. The number of nitrogens with one attached hydrogen (secondary N) is 1. The van der Waals surface area contributed by atoms with E-state index in [0.717, 1.165) is 5.70 Å². The van der Waals surface area contributed by atoms with Crippen LogP contribution in [0.1, 0.15) is 20.8 Å². The van der Waals surface area contributed by atoms with Crippen LogP contribution in [0.2, 0.25) is 0 Å². The lowest BCUT2D eigenvalue weighted by molar-refractivity contribution is -0.134. The second-order valence-electron chi connectivity index (χ2n) is 3.29. The van der Waals surface area contributed by atoms with E-state index < -0.39 is 5.92 Å². The first-order valence-electron chi connectivity index (χ1n) is 4.02. The van der Waals surface area contributed by atoms with Crippen molar-refractivity contribution in [2.75, 3.05) is 0 Å². The molecule has 0 aromatic rings. The van der Waals surface area contributed by atoms with Crippen LogP contribution < -0.4 is 5.32 Å². The van der Waals surface area contributed by atoms with Crippen LogP contribution in [0, 0.1) is 11.8 Å². The molecule has 66 valence electrons. The highest BCUT2D eigenvalue weighted by atomic mass is 16.2. The zero-order chi connectivity index (χ0) is 9.30. The van der Waals surface area contributed by atoms with E-state index in [0.29, 0.717) is 0 Å². The number of carbonyl (C=O) groups is 2. The van der Waals surface area contributed by atoms with E-state index in [4.69, 9.17) is 0 Å². The SMILES string of the molecule is CC(=O)C1C(=O)NC(C)=CC1C. The van der Waals surface area contributed by atoms with Gasteiger partial charge in [-0.25, -0.2) is 0 Å². The molecule has 1 heterocycles. The molecule has 1 N–H and O–H groups in total. The maximum absolute atomic E-state index is 11.3. The Kier molecular flexibility index (Phi) is 2.31. The summed E-state index contributed by atoms with van der Waals surface area (Å²) in [5, 5.41) is 2.64. The van der Waals surface area contributed by atoms with E-state index in [1.165, 1.54) is 6.92 Å². The van der Waals surface area contributed by atoms with Gasteiger partial charge in [-0.2, -0.15) is 0 Å². The number of carbonyl (C=O) groups excluding carboxylic acids is 2. The summed E-state index contributed by atoms with van der Waals surface area (Å²) in [4.78, 5) is 22.3. The van der Waals surface area contributed by atoms with Gasteiger partial charge >= 0.3 is 0 Å². The summed E-state index contributed by atoms with van der Waals surface area (Å²) in [5.74, 6) is -0.705. The molecule has 1 aliphatic rings. The Labute approximate surface area is 71.8 Å². The highest BCUT2D eigenvalue weighted by molar-refractivity contribution is 6.02. The van der Waals surface area contributed by atoms with Gasteiger partial charge in [-0.15, -0.1) is 0 Å². The molecule has 2 atom stereocenters. The van der Waals surface area contributed by atoms with Gasteiger partial charge in [-0.05, 0) is 19.8 Å². The smallest absolute Gasteiger partial charge is 0.235 e. The topological polar surface area (TPSA) is 46.2 Å². The zero-order valence-electron chi connectivity index (χ0n) is 7.55. The van der Waals surface area contributed by atoms with E-state index in [-0.39, 0.29) is 17.6 Å². The highest BCUT2D eigenvalue weighted by Crippen LogP contribution is 2.20. The van der Waals surface area contributed by atoms with Gasteiger partial charge < -0.3 is 5.32 Å². The Hall–Kier alpha value is -1.12. The minimum atomic E-state index is -0.492. The van der Waals surface area contributed by atoms with Gasteiger partial charge in [0.15, 0.2) is 0 Å². The predicted molar refractivity (Wildman–Crippen MR) is 45.2 cm³/mol. The van der Waals surface area contributed by atoms with Crippen molar-refractivity contribution < 1.29 is 9.59 Å². The zero-order valence-corrected chi connectivity index (χ0v) is 7.55. The molecule has 0 fully saturated rings. The molecule has 0 aliphatic carbocycles. The molecule has 0 bridgehead atoms. The fraction of sp³-hybridized carbons (Fsp3) is 0.556. The molecule has 0 spiro atoms. The third-order valence-electron chi connectivity index (χ3n) is 2.08. The van der Waals surface area contributed by atoms with Crippen LogP contribution in [-0.4, -0.2) is 11.7 Å². The molecule has 1 aliphatic heterocycles. The summed E-state index contributed by atoms with van der Waals surface area (Å²) in [5.41, 5.74) is 0.838. The second kappa shape index (κ2) is 3.09. The molecule has 0 saturated heterocycles. The molecule has 12 heavy (non-hydrogen) atoms. The Morgan fingerprint density at radius 2 is 2.17 bits per heavy atom. The fourth-order valence-corrected chi connectivity index (χ4v) is 1.60. The Morgan fingerprint density at radius 3 is 2.58 bits per heavy atom. The Bertz CT molecular complexity index is 255. The predicted octanol–water partition coefficient (Wildman–Crippen LogP) is 0.861. The number of amides is 1. The van der Waals surface area contributed by atoms with E-state index in [2.05, 4.69) is 5.32 Å². The third kappa shape index (κ3) is 1.55. The standard InChI is InChI=1S/C9H13NO2/c1-5-4-6(2)10-9(12)8(5)7(3)11/h4-5,8H,1-3H3,(H,10,12). The summed E-state index contributed by atoms with van der Waals surface area (Å²) in [6.45, 7) is 5.16. The molecule has 3 heteroatoms. The van der Waals surface area contributed by atoms with Crippen molar-refractivity contribution in [3.63, 3.8) is 0 Å². The summed E-state index contributed by atoms with van der Waals surface area (Å²) < 4.78 is 0. The largest absolute Gasteiger partial charge is 0.330 e. The minimum absolute atomic E-state index is 0.0243. The van der Waals surface area contributed by atoms with Crippen LogP contribution in [0.5, 0.6) is 0 Å². The van der Waals surface area contributed by atoms with Gasteiger partial charge in [0, 0.05) is 5.70 Å². The Morgan fingerprint density at radius 1 is 1.58 bits per heavy atom. The van der Waals surface area contributed by atoms with E-state index in [9.17, 15) is 9.59 Å². The summed E-state index contributed by atoms with van der Waals surface area (Å²) >= 11 is 0. The van der Waals surface area contributed by atoms with Crippen LogP contribution in [0.25, 0.3) is 0 Å². The van der Waals surface area contributed by atoms with Crippen molar-refractivity contribution in [2.24, 2.45) is 11.8 Å². The van der Waals surface area contributed by atoms with Gasteiger partial charge in [0.25, 0.3) is 0 Å². The first-order valence-corrected chi connectivity index (χ1v) is 4.02. The number of allylic oxidation sites excluding steroid dienone is 2. The summed E-state index contributed by atoms with van der Waals surface area (Å²) in [6, 6.07) is 0. The molecular weight excluding hydrogens is 154 g/mol. The lowest BCUT2D eigenvalue weighted by atomic mass is 9.87. The number of hydrogen-bond donors (Lipinski definition) is 1. The number of hydrogen-bond acceptors (Lipinski definition) is 2. The van der Waals surface area contributed by atoms with Gasteiger partial charge in [-0.1, -0.05) is 13.0 Å². The maximum Gasteiger partial charge on any atom is 0.235 e. The van der Waals surface area contributed by atoms with Gasteiger partial charge in [0.2, 0.25) is 5.91 Å². The number of Topliss-reactive ketones (excluding diaryl/α,β-unsaturated/α-hetero) is 1. The minimum Gasteiger partial charge on any atom is -0.330 e. The highest BCUT2D eigenvalue weighted by Gasteiger charge is 2.31. The summed E-state index contributed by atoms with van der Waals surface area (Å²) in [7, 11) is 0. The summed E-state index contributed by atoms with van der Waals surface area (Å²) in [6.07, 6.45) is 1.91. The van der Waals surface area contributed by atoms with Crippen LogP contribution in [0.4, 0.5) is 0 Å². The quantitative estimate of drug-likeness (QED) is 0.589. The van der Waals surface area contributed by atoms with Crippen LogP contribution in [0.3, 0.4) is 0 Å². The molecule has 1 amide bonds. The molecule has 3 nitrogen and oxygen atoms in total. The monoisotopic (exact) mass is 167 g/mol. The number of rotatable bonds is 1. The van der Waals surface area contributed by atoms with Crippen LogP contribution >= 0.6 is 0 Å². The van der Waals surface area contributed by atoms with Crippen LogP contribution in [-0.2, 0) is 9.59 Å². The van der Waals surface area contributed by atoms with Crippen molar-refractivity contribution in [1.82, 2.24) is 5.32 Å². The van der Waals surface area contributed by atoms with Crippen molar-refractivity contribution in [3.05, 3.63) is 11.8 Å². The first kappa shape index (κ1) is 8.97. The van der Waals surface area contributed by atoms with Gasteiger partial charge in [0.05, 0.1) is 0 Å². The van der Waals surface area contributed by atoms with Gasteiger partial charge in [0.1, 0.15) is 11.7 Å². The van der Waals surface area contributed by atoms with E-state index >= 15 is 0 Å². The fourth-order valence-electron chi connectivity index (χ4n) is 1.60. The molecular formula is C9H13NO2. The average Bonchev–Trinajstić information content (AvgIpc) is 1.82. The van der Waals surface area contributed by atoms with Crippen molar-refractivity contribution in [3.8, 4) is 0 Å². The average molecular weight is 167 g/mol. The lowest BCUT2D eigenvalue weighted by Gasteiger charge is -2.24. The van der Waals surface area contributed by atoms with Gasteiger partial charge in [-0.3, -0.25) is 9.59 Å². The van der Waals surface area contributed by atoms with E-state index in [1.54, 1.807) is 0 Å². The van der Waals surface area contributed by atoms with Crippen molar-refractivity contribution in [2.45, 2.75) is 20.8 Å². The Balaban J connectivity index is 2.90. The molecule has 0 aromatic carbocycles. The van der Waals surface area contributed by atoms with E-state index in [1.807, 2.05) is 19.9 Å². The van der Waals surface area contributed by atoms with Crippen molar-refractivity contribution >= 4 is 11.7 Å². The van der Waals surface area contributed by atoms with Crippen molar-refractivity contribution in [1.29, 1.82) is 0 Å². The maximum atomic E-state index is 11.3. The lowest BCUT2D eigenvalue weighted by Crippen LogP contribution is -2.40. The molecule has 0 saturated carbocycles. The first-order chi connectivity index (χ1) is 5.52. The molecule has 0 aromatic heterocycles.